The third-order valence-corrected chi connectivity index (χ3v) is 6.23. The third kappa shape index (κ3) is 6.06. The van der Waals surface area contributed by atoms with Gasteiger partial charge in [0.1, 0.15) is 11.3 Å². The lowest BCUT2D eigenvalue weighted by atomic mass is 10.1. The molecule has 0 atom stereocenters. The molecule has 38 heavy (non-hydrogen) atoms. The van der Waals surface area contributed by atoms with Crippen LogP contribution in [-0.4, -0.2) is 48.3 Å². The predicted molar refractivity (Wildman–Crippen MR) is 136 cm³/mol. The van der Waals surface area contributed by atoms with Crippen LogP contribution in [0.15, 0.2) is 60.2 Å². The minimum absolute atomic E-state index is 0.0425. The van der Waals surface area contributed by atoms with Crippen LogP contribution < -0.4 is 20.3 Å². The van der Waals surface area contributed by atoms with Gasteiger partial charge in [-0.1, -0.05) is 12.1 Å². The highest BCUT2D eigenvalue weighted by Crippen LogP contribution is 2.47. The molecule has 1 amide bonds. The van der Waals surface area contributed by atoms with Gasteiger partial charge in [-0.15, -0.1) is 11.3 Å². The first-order valence-electron chi connectivity index (χ1n) is 11.2. The van der Waals surface area contributed by atoms with Crippen LogP contribution in [0, 0.1) is 5.82 Å². The van der Waals surface area contributed by atoms with E-state index in [0.717, 1.165) is 23.5 Å². The summed E-state index contributed by atoms with van der Waals surface area (Å²) in [5.74, 6) is -2.47. The number of anilines is 2. The molecule has 4 rings (SSSR count). The lowest BCUT2D eigenvalue weighted by molar-refractivity contribution is -0.138. The van der Waals surface area contributed by atoms with Gasteiger partial charge in [-0.3, -0.25) is 4.79 Å². The molecule has 0 aliphatic carbocycles. The zero-order chi connectivity index (χ0) is 27.3. The van der Waals surface area contributed by atoms with E-state index in [9.17, 15) is 22.4 Å². The van der Waals surface area contributed by atoms with Gasteiger partial charge in [0, 0.05) is 31.1 Å². The zero-order valence-corrected chi connectivity index (χ0v) is 21.0. The summed E-state index contributed by atoms with van der Waals surface area (Å²) < 4.78 is 63.0. The number of likely N-dealkylation sites (N-methyl/N-ethyl adjacent to an activating group) is 2. The summed E-state index contributed by atoms with van der Waals surface area (Å²) >= 11 is 1.03. The van der Waals surface area contributed by atoms with Crippen molar-refractivity contribution in [3.05, 3.63) is 76.6 Å². The van der Waals surface area contributed by atoms with Gasteiger partial charge >= 0.3 is 6.18 Å². The van der Waals surface area contributed by atoms with Crippen LogP contribution in [0.2, 0.25) is 0 Å². The molecule has 0 aliphatic rings. The first kappa shape index (κ1) is 26.9. The minimum Gasteiger partial charge on any atom is -0.454 e. The molecular formula is C25H22F4N6O2S. The molecule has 2 aromatic carbocycles. The van der Waals surface area contributed by atoms with E-state index in [-0.39, 0.29) is 28.7 Å². The van der Waals surface area contributed by atoms with Crippen molar-refractivity contribution in [2.75, 3.05) is 37.4 Å². The molecule has 2 heterocycles. The largest absolute Gasteiger partial charge is 0.454 e. The fourth-order valence-electron chi connectivity index (χ4n) is 3.59. The highest BCUT2D eigenvalue weighted by Gasteiger charge is 2.40. The van der Waals surface area contributed by atoms with E-state index < -0.39 is 29.2 Å². The summed E-state index contributed by atoms with van der Waals surface area (Å²) in [4.78, 5) is 18.7. The number of carbonyl (C=O) groups excluding carboxylic acids is 1. The Labute approximate surface area is 219 Å². The number of thiazole rings is 1. The normalized spacial score (nSPS) is 11.3. The number of alkyl halides is 3. The second kappa shape index (κ2) is 11.5. The Kier molecular flexibility index (Phi) is 8.17. The van der Waals surface area contributed by atoms with Gasteiger partial charge in [-0.05, 0) is 37.4 Å². The van der Waals surface area contributed by atoms with Crippen LogP contribution in [0.3, 0.4) is 0 Å². The summed E-state index contributed by atoms with van der Waals surface area (Å²) in [6.45, 7) is 0.525. The van der Waals surface area contributed by atoms with Gasteiger partial charge in [0.05, 0.1) is 29.5 Å². The molecule has 0 aliphatic heterocycles. The third-order valence-electron chi connectivity index (χ3n) is 5.39. The SMILES string of the molecule is CNCCN(C)c1c(NC(=O)c2nc(-c3ccnnc3)cs2)ccc(Oc2ccccc2F)c1C(F)(F)F. The lowest BCUT2D eigenvalue weighted by Gasteiger charge is -2.28. The Morgan fingerprint density at radius 2 is 1.89 bits per heavy atom. The fraction of sp³-hybridized carbons (Fsp3) is 0.200. The molecule has 0 unspecified atom stereocenters. The maximum absolute atomic E-state index is 14.5. The molecule has 0 saturated carbocycles. The Hall–Kier alpha value is -4.10. The summed E-state index contributed by atoms with van der Waals surface area (Å²) in [5, 5.41) is 14.6. The first-order valence-corrected chi connectivity index (χ1v) is 12.1. The number of halogens is 4. The van der Waals surface area contributed by atoms with E-state index in [4.69, 9.17) is 4.74 Å². The van der Waals surface area contributed by atoms with Crippen molar-refractivity contribution in [2.45, 2.75) is 6.18 Å². The summed E-state index contributed by atoms with van der Waals surface area (Å²) in [7, 11) is 3.12. The van der Waals surface area contributed by atoms with Crippen molar-refractivity contribution in [1.82, 2.24) is 20.5 Å². The number of carbonyl (C=O) groups is 1. The van der Waals surface area contributed by atoms with Gasteiger partial charge in [0.2, 0.25) is 0 Å². The zero-order valence-electron chi connectivity index (χ0n) is 20.2. The van der Waals surface area contributed by atoms with Crippen molar-refractivity contribution in [2.24, 2.45) is 0 Å². The number of hydrogen-bond donors (Lipinski definition) is 2. The maximum Gasteiger partial charge on any atom is 0.422 e. The number of nitrogens with one attached hydrogen (secondary N) is 2. The predicted octanol–water partition coefficient (Wildman–Crippen LogP) is 5.46. The number of nitrogens with zero attached hydrogens (tertiary/aromatic N) is 4. The molecule has 0 bridgehead atoms. The standard InChI is InChI=1S/C25H22F4N6O2S/c1-30-11-12-35(2)22-17(33-23(36)24-34-18(14-38-24)15-9-10-31-32-13-15)7-8-20(21(22)25(27,28)29)37-19-6-4-3-5-16(19)26/h3-10,13-14,30H,11-12H2,1-2H3,(H,33,36). The molecule has 0 radical (unpaired) electrons. The molecule has 8 nitrogen and oxygen atoms in total. The summed E-state index contributed by atoms with van der Waals surface area (Å²) in [6.07, 6.45) is -1.94. The van der Waals surface area contributed by atoms with Crippen molar-refractivity contribution >= 4 is 28.6 Å². The topological polar surface area (TPSA) is 92.3 Å². The first-order chi connectivity index (χ1) is 18.2. The van der Waals surface area contributed by atoms with Crippen LogP contribution >= 0.6 is 11.3 Å². The Morgan fingerprint density at radius 3 is 2.58 bits per heavy atom. The number of ether oxygens (including phenoxy) is 1. The fourth-order valence-corrected chi connectivity index (χ4v) is 4.32. The monoisotopic (exact) mass is 546 g/mol. The number of rotatable bonds is 9. The number of benzene rings is 2. The van der Waals surface area contributed by atoms with E-state index in [0.29, 0.717) is 17.8 Å². The van der Waals surface area contributed by atoms with E-state index >= 15 is 0 Å². The Bertz CT molecular complexity index is 1410. The van der Waals surface area contributed by atoms with Crippen LogP contribution in [0.5, 0.6) is 11.5 Å². The minimum atomic E-state index is -4.90. The number of hydrogen-bond acceptors (Lipinski definition) is 8. The molecule has 4 aromatic rings. The van der Waals surface area contributed by atoms with Crippen molar-refractivity contribution in [3.63, 3.8) is 0 Å². The number of amides is 1. The summed E-state index contributed by atoms with van der Waals surface area (Å²) in [5.41, 5.74) is -0.475. The average molecular weight is 547 g/mol. The highest BCUT2D eigenvalue weighted by molar-refractivity contribution is 7.12. The smallest absolute Gasteiger partial charge is 0.422 e. The summed E-state index contributed by atoms with van der Waals surface area (Å²) in [6, 6.07) is 9.17. The molecule has 198 valence electrons. The molecular weight excluding hydrogens is 524 g/mol. The van der Waals surface area contributed by atoms with Crippen LogP contribution in [0.25, 0.3) is 11.3 Å². The number of aromatic nitrogens is 3. The van der Waals surface area contributed by atoms with Crippen LogP contribution in [-0.2, 0) is 6.18 Å². The van der Waals surface area contributed by atoms with Gasteiger partial charge in [-0.2, -0.15) is 23.4 Å². The van der Waals surface area contributed by atoms with Crippen molar-refractivity contribution in [3.8, 4) is 22.8 Å². The molecule has 0 spiro atoms. The van der Waals surface area contributed by atoms with Gasteiger partial charge in [0.15, 0.2) is 16.6 Å². The highest BCUT2D eigenvalue weighted by atomic mass is 32.1. The lowest BCUT2D eigenvalue weighted by Crippen LogP contribution is -2.30. The van der Waals surface area contributed by atoms with E-state index in [2.05, 4.69) is 25.8 Å². The van der Waals surface area contributed by atoms with Gasteiger partial charge < -0.3 is 20.3 Å². The average Bonchev–Trinajstić information content (AvgIpc) is 3.40. The Morgan fingerprint density at radius 1 is 1.11 bits per heavy atom. The van der Waals surface area contributed by atoms with Gasteiger partial charge in [-0.25, -0.2) is 9.37 Å². The van der Waals surface area contributed by atoms with Crippen LogP contribution in [0.4, 0.5) is 28.9 Å². The van der Waals surface area contributed by atoms with E-state index in [1.54, 1.807) is 18.5 Å². The van der Waals surface area contributed by atoms with Crippen LogP contribution in [0.1, 0.15) is 15.4 Å². The van der Waals surface area contributed by atoms with Gasteiger partial charge in [0.25, 0.3) is 5.91 Å². The second-order valence-electron chi connectivity index (χ2n) is 8.01. The van der Waals surface area contributed by atoms with Crippen molar-refractivity contribution in [1.29, 1.82) is 0 Å². The van der Waals surface area contributed by atoms with E-state index in [1.165, 1.54) is 48.6 Å². The van der Waals surface area contributed by atoms with Crippen molar-refractivity contribution < 1.29 is 27.1 Å². The Balaban J connectivity index is 1.75. The molecule has 0 saturated heterocycles. The molecule has 13 heteroatoms. The second-order valence-corrected chi connectivity index (χ2v) is 8.87. The quantitative estimate of drug-likeness (QED) is 0.270. The number of para-hydroxylation sites is 1. The van der Waals surface area contributed by atoms with E-state index in [1.807, 2.05) is 0 Å². The molecule has 2 N–H and O–H groups in total. The molecule has 2 aromatic heterocycles. The maximum atomic E-state index is 14.5. The molecule has 0 fully saturated rings.